The molecule has 0 fully saturated rings. The van der Waals surface area contributed by atoms with Crippen LogP contribution in [-0.4, -0.2) is 10.1 Å². The zero-order valence-electron chi connectivity index (χ0n) is 6.84. The zero-order valence-corrected chi connectivity index (χ0v) is 7.60. The Morgan fingerprint density at radius 2 is 2.15 bits per heavy atom. The van der Waals surface area contributed by atoms with Crippen LogP contribution < -0.4 is 5.73 Å². The Bertz CT molecular complexity index is 450. The molecule has 1 heterocycles. The molecule has 0 aliphatic heterocycles. The lowest BCUT2D eigenvalue weighted by Gasteiger charge is -1.94. The standard InChI is InChI=1S/C9H9ClN2O/c10-5-1-8-7(9(13)2-5)3-6(4-11)12-8/h1-3,12-13H,4,11H2. The van der Waals surface area contributed by atoms with Gasteiger partial charge < -0.3 is 15.8 Å². The predicted molar refractivity (Wildman–Crippen MR) is 52.9 cm³/mol. The number of hydrogen-bond donors (Lipinski definition) is 3. The minimum absolute atomic E-state index is 0.179. The van der Waals surface area contributed by atoms with E-state index in [-0.39, 0.29) is 5.75 Å². The molecule has 1 aromatic heterocycles. The van der Waals surface area contributed by atoms with Crippen LogP contribution in [0.1, 0.15) is 5.69 Å². The lowest BCUT2D eigenvalue weighted by atomic mass is 10.2. The molecule has 0 bridgehead atoms. The number of aromatic amines is 1. The molecular weight excluding hydrogens is 188 g/mol. The van der Waals surface area contributed by atoms with Crippen LogP contribution in [-0.2, 0) is 6.54 Å². The van der Waals surface area contributed by atoms with Gasteiger partial charge in [0.1, 0.15) is 5.75 Å². The maximum atomic E-state index is 9.52. The normalized spacial score (nSPS) is 10.9. The van der Waals surface area contributed by atoms with E-state index in [0.717, 1.165) is 16.6 Å². The highest BCUT2D eigenvalue weighted by atomic mass is 35.5. The number of rotatable bonds is 1. The topological polar surface area (TPSA) is 62.0 Å². The SMILES string of the molecule is NCc1cc2c(O)cc(Cl)cc2[nH]1. The summed E-state index contributed by atoms with van der Waals surface area (Å²) in [6.45, 7) is 0.422. The summed E-state index contributed by atoms with van der Waals surface area (Å²) in [6.07, 6.45) is 0. The average Bonchev–Trinajstić information content (AvgIpc) is 2.47. The number of aromatic nitrogens is 1. The van der Waals surface area contributed by atoms with Crippen molar-refractivity contribution in [3.63, 3.8) is 0 Å². The van der Waals surface area contributed by atoms with Crippen molar-refractivity contribution in [1.82, 2.24) is 4.98 Å². The lowest BCUT2D eigenvalue weighted by molar-refractivity contribution is 0.482. The zero-order chi connectivity index (χ0) is 9.42. The number of phenolic OH excluding ortho intramolecular Hbond substituents is 1. The third-order valence-electron chi connectivity index (χ3n) is 1.96. The van der Waals surface area contributed by atoms with Gasteiger partial charge in [-0.2, -0.15) is 0 Å². The lowest BCUT2D eigenvalue weighted by Crippen LogP contribution is -1.94. The van der Waals surface area contributed by atoms with Gasteiger partial charge in [-0.25, -0.2) is 0 Å². The van der Waals surface area contributed by atoms with Crippen molar-refractivity contribution >= 4 is 22.5 Å². The van der Waals surface area contributed by atoms with Gasteiger partial charge in [0.15, 0.2) is 0 Å². The Morgan fingerprint density at radius 3 is 2.85 bits per heavy atom. The summed E-state index contributed by atoms with van der Waals surface area (Å²) in [5.74, 6) is 0.179. The third-order valence-corrected chi connectivity index (χ3v) is 2.17. The first-order valence-electron chi connectivity index (χ1n) is 3.91. The van der Waals surface area contributed by atoms with E-state index < -0.39 is 0 Å². The number of halogens is 1. The first-order valence-corrected chi connectivity index (χ1v) is 4.28. The highest BCUT2D eigenvalue weighted by Crippen LogP contribution is 2.29. The van der Waals surface area contributed by atoms with Crippen LogP contribution in [0, 0.1) is 0 Å². The van der Waals surface area contributed by atoms with Gasteiger partial charge in [-0.3, -0.25) is 0 Å². The number of phenols is 1. The van der Waals surface area contributed by atoms with Gasteiger partial charge in [-0.15, -0.1) is 0 Å². The molecule has 3 nitrogen and oxygen atoms in total. The van der Waals surface area contributed by atoms with Crippen molar-refractivity contribution < 1.29 is 5.11 Å². The fourth-order valence-electron chi connectivity index (χ4n) is 1.35. The van der Waals surface area contributed by atoms with Crippen LogP contribution in [0.15, 0.2) is 18.2 Å². The fraction of sp³-hybridized carbons (Fsp3) is 0.111. The molecule has 0 radical (unpaired) electrons. The van der Waals surface area contributed by atoms with Crippen LogP contribution in [0.4, 0.5) is 0 Å². The molecule has 1 aromatic carbocycles. The Balaban J connectivity index is 2.75. The first kappa shape index (κ1) is 8.41. The van der Waals surface area contributed by atoms with Gasteiger partial charge in [0, 0.05) is 22.6 Å². The van der Waals surface area contributed by atoms with Crippen LogP contribution in [0.2, 0.25) is 5.02 Å². The maximum Gasteiger partial charge on any atom is 0.126 e. The van der Waals surface area contributed by atoms with Crippen LogP contribution in [0.3, 0.4) is 0 Å². The Kier molecular flexibility index (Phi) is 1.90. The summed E-state index contributed by atoms with van der Waals surface area (Å²) in [7, 11) is 0. The van der Waals surface area contributed by atoms with Gasteiger partial charge in [0.05, 0.1) is 5.52 Å². The molecule has 0 spiro atoms. The van der Waals surface area contributed by atoms with E-state index in [4.69, 9.17) is 17.3 Å². The van der Waals surface area contributed by atoms with Crippen molar-refractivity contribution in [2.24, 2.45) is 5.73 Å². The minimum atomic E-state index is 0.179. The summed E-state index contributed by atoms with van der Waals surface area (Å²) in [4.78, 5) is 3.06. The van der Waals surface area contributed by atoms with Gasteiger partial charge in [0.2, 0.25) is 0 Å². The number of H-pyrrole nitrogens is 1. The molecule has 4 heteroatoms. The highest BCUT2D eigenvalue weighted by molar-refractivity contribution is 6.31. The number of nitrogens with two attached hydrogens (primary N) is 1. The van der Waals surface area contributed by atoms with Crippen molar-refractivity contribution in [3.05, 3.63) is 28.9 Å². The second-order valence-corrected chi connectivity index (χ2v) is 3.32. The van der Waals surface area contributed by atoms with E-state index in [0.29, 0.717) is 11.6 Å². The highest BCUT2D eigenvalue weighted by Gasteiger charge is 2.05. The molecule has 0 atom stereocenters. The number of aromatic hydroxyl groups is 1. The Hall–Kier alpha value is -1.19. The first-order chi connectivity index (χ1) is 6.20. The van der Waals surface area contributed by atoms with E-state index >= 15 is 0 Å². The average molecular weight is 197 g/mol. The largest absolute Gasteiger partial charge is 0.507 e. The van der Waals surface area contributed by atoms with Gasteiger partial charge in [0.25, 0.3) is 0 Å². The van der Waals surface area contributed by atoms with Crippen LogP contribution >= 0.6 is 11.6 Å². The predicted octanol–water partition coefficient (Wildman–Crippen LogP) is 1.99. The monoisotopic (exact) mass is 196 g/mol. The molecule has 0 aliphatic rings. The van der Waals surface area contributed by atoms with E-state index in [1.807, 2.05) is 6.07 Å². The summed E-state index contributed by atoms with van der Waals surface area (Å²) < 4.78 is 0. The number of benzene rings is 1. The molecule has 0 amide bonds. The van der Waals surface area contributed by atoms with Crippen molar-refractivity contribution in [3.8, 4) is 5.75 Å². The molecule has 0 unspecified atom stereocenters. The summed E-state index contributed by atoms with van der Waals surface area (Å²) >= 11 is 5.77. The quantitative estimate of drug-likeness (QED) is 0.653. The molecule has 13 heavy (non-hydrogen) atoms. The number of fused-ring (bicyclic) bond motifs is 1. The van der Waals surface area contributed by atoms with Crippen LogP contribution in [0.25, 0.3) is 10.9 Å². The van der Waals surface area contributed by atoms with Crippen molar-refractivity contribution in [1.29, 1.82) is 0 Å². The fourth-order valence-corrected chi connectivity index (χ4v) is 1.56. The molecule has 68 valence electrons. The van der Waals surface area contributed by atoms with E-state index in [1.54, 1.807) is 6.07 Å². The number of hydrogen-bond acceptors (Lipinski definition) is 2. The molecular formula is C9H9ClN2O. The molecule has 2 aromatic rings. The molecule has 0 saturated heterocycles. The van der Waals surface area contributed by atoms with Gasteiger partial charge in [-0.05, 0) is 18.2 Å². The summed E-state index contributed by atoms with van der Waals surface area (Å²) in [5.41, 5.74) is 7.15. The molecule has 0 saturated carbocycles. The van der Waals surface area contributed by atoms with E-state index in [9.17, 15) is 5.11 Å². The third kappa shape index (κ3) is 1.36. The summed E-state index contributed by atoms with van der Waals surface area (Å²) in [5, 5.41) is 10.8. The Labute approximate surface area is 80.1 Å². The second kappa shape index (κ2) is 2.94. The smallest absolute Gasteiger partial charge is 0.126 e. The van der Waals surface area contributed by atoms with Crippen molar-refractivity contribution in [2.75, 3.05) is 0 Å². The minimum Gasteiger partial charge on any atom is -0.507 e. The number of nitrogens with one attached hydrogen (secondary N) is 1. The van der Waals surface area contributed by atoms with Crippen LogP contribution in [0.5, 0.6) is 5.75 Å². The van der Waals surface area contributed by atoms with Gasteiger partial charge in [-0.1, -0.05) is 11.6 Å². The molecule has 0 aliphatic carbocycles. The van der Waals surface area contributed by atoms with E-state index in [2.05, 4.69) is 4.98 Å². The van der Waals surface area contributed by atoms with E-state index in [1.165, 1.54) is 6.07 Å². The Morgan fingerprint density at radius 1 is 1.38 bits per heavy atom. The van der Waals surface area contributed by atoms with Crippen molar-refractivity contribution in [2.45, 2.75) is 6.54 Å². The molecule has 2 rings (SSSR count). The maximum absolute atomic E-state index is 9.52. The molecule has 4 N–H and O–H groups in total. The summed E-state index contributed by atoms with van der Waals surface area (Å²) in [6, 6.07) is 5.09. The second-order valence-electron chi connectivity index (χ2n) is 2.88. The van der Waals surface area contributed by atoms with Gasteiger partial charge >= 0.3 is 0 Å².